The van der Waals surface area contributed by atoms with E-state index < -0.39 is 6.10 Å². The Labute approximate surface area is 128 Å². The molecule has 1 aromatic carbocycles. The molecule has 0 bridgehead atoms. The lowest BCUT2D eigenvalue weighted by Crippen LogP contribution is -2.27. The summed E-state index contributed by atoms with van der Waals surface area (Å²) in [7, 11) is 0. The van der Waals surface area contributed by atoms with Crippen LogP contribution in [0.4, 0.5) is 4.39 Å². The lowest BCUT2D eigenvalue weighted by atomic mass is 9.89. The second-order valence-electron chi connectivity index (χ2n) is 6.63. The number of hydrogen-bond acceptors (Lipinski definition) is 2. The first kappa shape index (κ1) is 16.4. The van der Waals surface area contributed by atoms with Gasteiger partial charge in [0.2, 0.25) is 0 Å². The van der Waals surface area contributed by atoms with Gasteiger partial charge in [-0.1, -0.05) is 26.0 Å². The predicted octanol–water partition coefficient (Wildman–Crippen LogP) is 4.01. The summed E-state index contributed by atoms with van der Waals surface area (Å²) >= 11 is 0. The molecule has 0 spiro atoms. The maximum atomic E-state index is 12.9. The van der Waals surface area contributed by atoms with Crippen LogP contribution in [0.1, 0.15) is 51.2 Å². The molecule has 0 aliphatic carbocycles. The third-order valence-corrected chi connectivity index (χ3v) is 4.78. The Morgan fingerprint density at radius 3 is 2.57 bits per heavy atom. The minimum Gasteiger partial charge on any atom is -0.388 e. The first-order valence-electron chi connectivity index (χ1n) is 8.22. The van der Waals surface area contributed by atoms with Crippen molar-refractivity contribution >= 4 is 0 Å². The Balaban J connectivity index is 1.78. The second-order valence-corrected chi connectivity index (χ2v) is 6.63. The summed E-state index contributed by atoms with van der Waals surface area (Å²) in [5.41, 5.74) is 0.811. The average molecular weight is 293 g/mol. The molecule has 3 heteroatoms. The minimum absolute atomic E-state index is 0.252. The van der Waals surface area contributed by atoms with Crippen molar-refractivity contribution in [3.8, 4) is 0 Å². The van der Waals surface area contributed by atoms with Gasteiger partial charge in [-0.05, 0) is 68.3 Å². The number of nitrogens with zero attached hydrogens (tertiary/aromatic N) is 1. The van der Waals surface area contributed by atoms with Crippen LogP contribution < -0.4 is 0 Å². The van der Waals surface area contributed by atoms with Crippen molar-refractivity contribution in [3.05, 3.63) is 35.6 Å². The van der Waals surface area contributed by atoms with Crippen LogP contribution >= 0.6 is 0 Å². The van der Waals surface area contributed by atoms with Gasteiger partial charge in [0.25, 0.3) is 0 Å². The molecule has 0 aromatic heterocycles. The Morgan fingerprint density at radius 2 is 1.90 bits per heavy atom. The standard InChI is InChI=1S/C18H28FNO/c1-14(2)15-4-3-11-20(12-9-15)13-10-18(21)16-5-7-17(19)8-6-16/h5-8,14-15,18,21H,3-4,9-13H2,1-2H3. The van der Waals surface area contributed by atoms with Gasteiger partial charge in [-0.3, -0.25) is 0 Å². The maximum absolute atomic E-state index is 12.9. The number of benzene rings is 1. The van der Waals surface area contributed by atoms with Crippen molar-refractivity contribution in [2.75, 3.05) is 19.6 Å². The summed E-state index contributed by atoms with van der Waals surface area (Å²) < 4.78 is 12.9. The predicted molar refractivity (Wildman–Crippen MR) is 84.6 cm³/mol. The molecule has 1 aliphatic rings. The number of rotatable bonds is 5. The van der Waals surface area contributed by atoms with Gasteiger partial charge in [0.05, 0.1) is 6.10 Å². The van der Waals surface area contributed by atoms with E-state index in [1.54, 1.807) is 12.1 Å². The summed E-state index contributed by atoms with van der Waals surface area (Å²) in [6, 6.07) is 6.18. The van der Waals surface area contributed by atoms with Gasteiger partial charge < -0.3 is 10.0 Å². The van der Waals surface area contributed by atoms with E-state index in [1.165, 1.54) is 31.4 Å². The molecular formula is C18H28FNO. The van der Waals surface area contributed by atoms with E-state index in [-0.39, 0.29) is 5.82 Å². The van der Waals surface area contributed by atoms with Crippen LogP contribution in [-0.4, -0.2) is 29.6 Å². The quantitative estimate of drug-likeness (QED) is 0.886. The minimum atomic E-state index is -0.491. The molecule has 1 N–H and O–H groups in total. The van der Waals surface area contributed by atoms with Crippen LogP contribution in [0, 0.1) is 17.7 Å². The van der Waals surface area contributed by atoms with Crippen LogP contribution in [0.2, 0.25) is 0 Å². The second kappa shape index (κ2) is 7.90. The Bertz CT molecular complexity index is 418. The summed E-state index contributed by atoms with van der Waals surface area (Å²) in [6.07, 6.45) is 4.08. The molecule has 2 unspecified atom stereocenters. The van der Waals surface area contributed by atoms with E-state index in [4.69, 9.17) is 0 Å². The van der Waals surface area contributed by atoms with Crippen molar-refractivity contribution in [2.24, 2.45) is 11.8 Å². The zero-order valence-electron chi connectivity index (χ0n) is 13.3. The number of likely N-dealkylation sites (tertiary alicyclic amines) is 1. The van der Waals surface area contributed by atoms with Crippen molar-refractivity contribution in [1.82, 2.24) is 4.90 Å². The Kier molecular flexibility index (Phi) is 6.19. The summed E-state index contributed by atoms with van der Waals surface area (Å²) in [4.78, 5) is 2.47. The van der Waals surface area contributed by atoms with Crippen LogP contribution in [0.5, 0.6) is 0 Å². The van der Waals surface area contributed by atoms with Crippen LogP contribution in [-0.2, 0) is 0 Å². The van der Waals surface area contributed by atoms with Crippen molar-refractivity contribution in [3.63, 3.8) is 0 Å². The molecule has 2 atom stereocenters. The molecule has 118 valence electrons. The molecule has 2 nitrogen and oxygen atoms in total. The Hall–Kier alpha value is -0.930. The van der Waals surface area contributed by atoms with Crippen LogP contribution in [0.25, 0.3) is 0 Å². The molecule has 1 heterocycles. The van der Waals surface area contributed by atoms with Gasteiger partial charge in [-0.25, -0.2) is 4.39 Å². The first-order chi connectivity index (χ1) is 10.1. The van der Waals surface area contributed by atoms with E-state index in [1.807, 2.05) is 0 Å². The number of halogens is 1. The molecule has 1 saturated heterocycles. The summed E-state index contributed by atoms with van der Waals surface area (Å²) in [5.74, 6) is 1.37. The van der Waals surface area contributed by atoms with Gasteiger partial charge in [-0.2, -0.15) is 0 Å². The fraction of sp³-hybridized carbons (Fsp3) is 0.667. The molecule has 0 radical (unpaired) electrons. The summed E-state index contributed by atoms with van der Waals surface area (Å²) in [5, 5.41) is 10.2. The highest BCUT2D eigenvalue weighted by Crippen LogP contribution is 2.25. The Morgan fingerprint density at radius 1 is 1.19 bits per heavy atom. The van der Waals surface area contributed by atoms with Gasteiger partial charge in [0.15, 0.2) is 0 Å². The third-order valence-electron chi connectivity index (χ3n) is 4.78. The molecule has 1 aliphatic heterocycles. The van der Waals surface area contributed by atoms with Crippen molar-refractivity contribution in [2.45, 2.75) is 45.6 Å². The highest BCUT2D eigenvalue weighted by atomic mass is 19.1. The average Bonchev–Trinajstić information content (AvgIpc) is 2.71. The summed E-state index contributed by atoms with van der Waals surface area (Å²) in [6.45, 7) is 7.83. The van der Waals surface area contributed by atoms with Gasteiger partial charge in [0.1, 0.15) is 5.82 Å². The monoisotopic (exact) mass is 293 g/mol. The first-order valence-corrected chi connectivity index (χ1v) is 8.22. The lowest BCUT2D eigenvalue weighted by Gasteiger charge is -2.22. The SMILES string of the molecule is CC(C)C1CCCN(CCC(O)c2ccc(F)cc2)CC1. The molecule has 0 saturated carbocycles. The van der Waals surface area contributed by atoms with Gasteiger partial charge in [-0.15, -0.1) is 0 Å². The van der Waals surface area contributed by atoms with Crippen LogP contribution in [0.15, 0.2) is 24.3 Å². The zero-order chi connectivity index (χ0) is 15.2. The van der Waals surface area contributed by atoms with E-state index in [2.05, 4.69) is 18.7 Å². The van der Waals surface area contributed by atoms with E-state index in [9.17, 15) is 9.50 Å². The zero-order valence-corrected chi connectivity index (χ0v) is 13.3. The van der Waals surface area contributed by atoms with Crippen molar-refractivity contribution < 1.29 is 9.50 Å². The highest BCUT2D eigenvalue weighted by Gasteiger charge is 2.20. The van der Waals surface area contributed by atoms with Gasteiger partial charge >= 0.3 is 0 Å². The lowest BCUT2D eigenvalue weighted by molar-refractivity contribution is 0.142. The third kappa shape index (κ3) is 5.08. The van der Waals surface area contributed by atoms with E-state index in [0.29, 0.717) is 0 Å². The molecule has 0 amide bonds. The molecule has 1 aromatic rings. The molecule has 2 rings (SSSR count). The van der Waals surface area contributed by atoms with Crippen LogP contribution in [0.3, 0.4) is 0 Å². The number of hydrogen-bond donors (Lipinski definition) is 1. The normalized spacial score (nSPS) is 22.2. The fourth-order valence-electron chi connectivity index (χ4n) is 3.23. The maximum Gasteiger partial charge on any atom is 0.123 e. The number of aliphatic hydroxyl groups is 1. The van der Waals surface area contributed by atoms with Gasteiger partial charge in [0, 0.05) is 6.54 Å². The topological polar surface area (TPSA) is 23.5 Å². The largest absolute Gasteiger partial charge is 0.388 e. The van der Waals surface area contributed by atoms with E-state index >= 15 is 0 Å². The highest BCUT2D eigenvalue weighted by molar-refractivity contribution is 5.18. The molecule has 1 fully saturated rings. The molecular weight excluding hydrogens is 265 g/mol. The smallest absolute Gasteiger partial charge is 0.123 e. The fourth-order valence-corrected chi connectivity index (χ4v) is 3.23. The number of aliphatic hydroxyl groups excluding tert-OH is 1. The van der Waals surface area contributed by atoms with Crippen molar-refractivity contribution in [1.29, 1.82) is 0 Å². The molecule has 21 heavy (non-hydrogen) atoms. The van der Waals surface area contributed by atoms with E-state index in [0.717, 1.165) is 43.5 Å².